The van der Waals surface area contributed by atoms with E-state index in [4.69, 9.17) is 21.3 Å². The van der Waals surface area contributed by atoms with Gasteiger partial charge in [0.1, 0.15) is 16.4 Å². The lowest BCUT2D eigenvalue weighted by Crippen LogP contribution is -2.44. The van der Waals surface area contributed by atoms with Crippen LogP contribution < -0.4 is 5.32 Å². The molecule has 3 atom stereocenters. The van der Waals surface area contributed by atoms with Crippen LogP contribution in [0.3, 0.4) is 0 Å². The molecule has 2 aliphatic carbocycles. The lowest BCUT2D eigenvalue weighted by Gasteiger charge is -2.23. The number of hydrogen-bond acceptors (Lipinski definition) is 6. The lowest BCUT2D eigenvalue weighted by molar-refractivity contribution is -0.125. The number of halogens is 1. The summed E-state index contributed by atoms with van der Waals surface area (Å²) in [5, 5.41) is 14.2. The second-order valence-electron chi connectivity index (χ2n) is 11.2. The normalized spacial score (nSPS) is 25.0. The summed E-state index contributed by atoms with van der Waals surface area (Å²) in [7, 11) is 0. The van der Waals surface area contributed by atoms with Crippen LogP contribution in [0, 0.1) is 24.7 Å². The Labute approximate surface area is 225 Å². The third-order valence-corrected chi connectivity index (χ3v) is 10.1. The van der Waals surface area contributed by atoms with Crippen molar-refractivity contribution >= 4 is 34.6 Å². The Morgan fingerprint density at radius 1 is 1.22 bits per heavy atom. The van der Waals surface area contributed by atoms with Crippen LogP contribution in [0.4, 0.5) is 0 Å². The fourth-order valence-electron chi connectivity index (χ4n) is 6.21. The first-order chi connectivity index (χ1) is 17.9. The molecule has 1 N–H and O–H groups in total. The maximum atomic E-state index is 13.5. The van der Waals surface area contributed by atoms with E-state index in [1.807, 2.05) is 25.1 Å². The van der Waals surface area contributed by atoms with Crippen molar-refractivity contribution < 1.29 is 9.53 Å². The number of fused-ring (bicyclic) bond motifs is 6. The highest BCUT2D eigenvalue weighted by Gasteiger charge is 2.52. The molecule has 1 aromatic carbocycles. The first-order valence-electron chi connectivity index (χ1n) is 13.2. The number of carbonyl (C=O) groups is 1. The van der Waals surface area contributed by atoms with Crippen molar-refractivity contribution in [2.24, 2.45) is 22.7 Å². The van der Waals surface area contributed by atoms with Gasteiger partial charge in [0.05, 0.1) is 25.0 Å². The number of nitrogens with one attached hydrogen (secondary N) is 1. The van der Waals surface area contributed by atoms with Gasteiger partial charge in [0.2, 0.25) is 5.91 Å². The van der Waals surface area contributed by atoms with Crippen molar-refractivity contribution in [3.05, 3.63) is 62.5 Å². The molecule has 1 amide bonds. The standard InChI is InChI=1S/C28H30ClN5O2S/c1-14(2)19-12-36-13-21(19)30-25(35)16-10-18-22(11-16)37-26-23(18)24(17-6-4-5-7-20(17)29)31-28(8-9-28)27-33-32-15(3)34(26)27/h4-7,14,16,19,21H,8-13H2,1-3H3,(H,30,35)/t16-,19-,21-/m0/s1. The smallest absolute Gasteiger partial charge is 0.224 e. The van der Waals surface area contributed by atoms with E-state index in [-0.39, 0.29) is 23.4 Å². The van der Waals surface area contributed by atoms with E-state index in [0.29, 0.717) is 36.5 Å². The van der Waals surface area contributed by atoms with Gasteiger partial charge in [0.15, 0.2) is 5.82 Å². The molecule has 1 spiro atoms. The molecule has 1 saturated heterocycles. The molecule has 1 saturated carbocycles. The molecule has 9 heteroatoms. The molecule has 4 aliphatic rings. The fourth-order valence-corrected chi connectivity index (χ4v) is 7.90. The van der Waals surface area contributed by atoms with Crippen LogP contribution in [0.2, 0.25) is 5.02 Å². The molecular formula is C28H30ClN5O2S. The summed E-state index contributed by atoms with van der Waals surface area (Å²) < 4.78 is 7.92. The summed E-state index contributed by atoms with van der Waals surface area (Å²) in [6.07, 6.45) is 3.32. The predicted octanol–water partition coefficient (Wildman–Crippen LogP) is 4.63. The van der Waals surface area contributed by atoms with E-state index in [2.05, 4.69) is 40.0 Å². The van der Waals surface area contributed by atoms with Gasteiger partial charge in [0.25, 0.3) is 0 Å². The predicted molar refractivity (Wildman–Crippen MR) is 144 cm³/mol. The number of aryl methyl sites for hydroxylation is 1. The number of hydrogen-bond donors (Lipinski definition) is 1. The number of rotatable bonds is 4. The maximum absolute atomic E-state index is 13.5. The zero-order valence-electron chi connectivity index (χ0n) is 21.3. The van der Waals surface area contributed by atoms with Crippen molar-refractivity contribution in [1.29, 1.82) is 0 Å². The minimum Gasteiger partial charge on any atom is -0.379 e. The minimum absolute atomic E-state index is 0.0838. The molecule has 2 aliphatic heterocycles. The largest absolute Gasteiger partial charge is 0.379 e. The lowest BCUT2D eigenvalue weighted by atomic mass is 9.90. The molecule has 0 bridgehead atoms. The first kappa shape index (κ1) is 23.6. The summed E-state index contributed by atoms with van der Waals surface area (Å²) >= 11 is 8.51. The molecule has 192 valence electrons. The van der Waals surface area contributed by atoms with E-state index in [1.165, 1.54) is 10.4 Å². The van der Waals surface area contributed by atoms with E-state index in [9.17, 15) is 4.79 Å². The summed E-state index contributed by atoms with van der Waals surface area (Å²) in [5.74, 6) is 2.66. The third-order valence-electron chi connectivity index (χ3n) is 8.49. The Hall–Kier alpha value is -2.55. The molecule has 7 nitrogen and oxygen atoms in total. The van der Waals surface area contributed by atoms with E-state index >= 15 is 0 Å². The molecule has 2 aromatic heterocycles. The summed E-state index contributed by atoms with van der Waals surface area (Å²) in [4.78, 5) is 20.1. The SMILES string of the molecule is Cc1nnc2n1-c1sc3c(c1C(c1ccccc1Cl)=NC21CC1)C[C@H](C(=O)N[C@H]1COC[C@H]1C(C)C)C3. The van der Waals surface area contributed by atoms with Crippen molar-refractivity contribution in [1.82, 2.24) is 20.1 Å². The molecule has 37 heavy (non-hydrogen) atoms. The average Bonchev–Trinajstić information content (AvgIpc) is 3.21. The Kier molecular flexibility index (Phi) is 5.40. The van der Waals surface area contributed by atoms with Crippen LogP contribution in [0.5, 0.6) is 0 Å². The van der Waals surface area contributed by atoms with Gasteiger partial charge in [-0.1, -0.05) is 43.6 Å². The second-order valence-corrected chi connectivity index (χ2v) is 12.7. The van der Waals surface area contributed by atoms with Crippen LogP contribution in [0.1, 0.15) is 59.9 Å². The van der Waals surface area contributed by atoms with Gasteiger partial charge in [-0.2, -0.15) is 0 Å². The van der Waals surface area contributed by atoms with E-state index in [1.54, 1.807) is 11.3 Å². The Balaban J connectivity index is 1.29. The first-order valence-corrected chi connectivity index (χ1v) is 14.4. The summed E-state index contributed by atoms with van der Waals surface area (Å²) in [6.45, 7) is 7.72. The highest BCUT2D eigenvalue weighted by atomic mass is 35.5. The van der Waals surface area contributed by atoms with Gasteiger partial charge in [-0.15, -0.1) is 21.5 Å². The van der Waals surface area contributed by atoms with Gasteiger partial charge in [-0.3, -0.25) is 14.4 Å². The zero-order valence-corrected chi connectivity index (χ0v) is 22.8. The van der Waals surface area contributed by atoms with Crippen LogP contribution >= 0.6 is 22.9 Å². The number of ether oxygens (including phenoxy) is 1. The topological polar surface area (TPSA) is 81.4 Å². The number of aromatic nitrogens is 3. The van der Waals surface area contributed by atoms with Gasteiger partial charge in [-0.05, 0) is 50.2 Å². The Morgan fingerprint density at radius 3 is 2.78 bits per heavy atom. The van der Waals surface area contributed by atoms with Crippen molar-refractivity contribution in [3.8, 4) is 5.00 Å². The number of carbonyl (C=O) groups excluding carboxylic acids is 1. The van der Waals surface area contributed by atoms with Gasteiger partial charge in [-0.25, -0.2) is 0 Å². The molecule has 7 rings (SSSR count). The van der Waals surface area contributed by atoms with Crippen LogP contribution in [-0.2, 0) is 27.9 Å². The Morgan fingerprint density at radius 2 is 2.03 bits per heavy atom. The highest BCUT2D eigenvalue weighted by Crippen LogP contribution is 2.54. The van der Waals surface area contributed by atoms with E-state index in [0.717, 1.165) is 52.8 Å². The quantitative estimate of drug-likeness (QED) is 0.528. The van der Waals surface area contributed by atoms with Gasteiger partial charge in [0, 0.05) is 32.9 Å². The maximum Gasteiger partial charge on any atom is 0.224 e. The van der Waals surface area contributed by atoms with Crippen molar-refractivity contribution in [3.63, 3.8) is 0 Å². The Bertz CT molecular complexity index is 1450. The number of aliphatic imine (C=N–C) groups is 1. The number of benzene rings is 1. The van der Waals surface area contributed by atoms with E-state index < -0.39 is 0 Å². The van der Waals surface area contributed by atoms with Crippen LogP contribution in [-0.4, -0.2) is 45.6 Å². The van der Waals surface area contributed by atoms with Crippen LogP contribution in [0.25, 0.3) is 5.00 Å². The third kappa shape index (κ3) is 3.63. The molecule has 2 fully saturated rings. The molecular weight excluding hydrogens is 506 g/mol. The minimum atomic E-state index is -0.356. The second kappa shape index (κ2) is 8.48. The zero-order chi connectivity index (χ0) is 25.5. The number of nitrogens with zero attached hydrogens (tertiary/aromatic N) is 4. The highest BCUT2D eigenvalue weighted by molar-refractivity contribution is 7.15. The monoisotopic (exact) mass is 535 g/mol. The molecule has 3 aromatic rings. The van der Waals surface area contributed by atoms with Crippen molar-refractivity contribution in [2.75, 3.05) is 13.2 Å². The molecule has 0 unspecified atom stereocenters. The van der Waals surface area contributed by atoms with Crippen molar-refractivity contribution in [2.45, 2.75) is 58.0 Å². The fraction of sp³-hybridized carbons (Fsp3) is 0.500. The number of thiophene rings is 1. The summed E-state index contributed by atoms with van der Waals surface area (Å²) in [5.41, 5.74) is 3.82. The summed E-state index contributed by atoms with van der Waals surface area (Å²) in [6, 6.07) is 8.02. The average molecular weight is 536 g/mol. The van der Waals surface area contributed by atoms with Crippen LogP contribution in [0.15, 0.2) is 29.3 Å². The van der Waals surface area contributed by atoms with Gasteiger partial charge >= 0.3 is 0 Å². The number of amides is 1. The molecule has 4 heterocycles. The molecule has 0 radical (unpaired) electrons. The van der Waals surface area contributed by atoms with Gasteiger partial charge < -0.3 is 10.1 Å².